The van der Waals surface area contributed by atoms with Gasteiger partial charge in [-0.2, -0.15) is 5.26 Å². The van der Waals surface area contributed by atoms with Gasteiger partial charge < -0.3 is 0 Å². The van der Waals surface area contributed by atoms with Crippen LogP contribution >= 0.6 is 15.9 Å². The van der Waals surface area contributed by atoms with Gasteiger partial charge in [0.25, 0.3) is 0 Å². The molecule has 0 aliphatic heterocycles. The number of aryl methyl sites for hydroxylation is 2. The maximum atomic E-state index is 9.13. The lowest BCUT2D eigenvalue weighted by molar-refractivity contribution is 0.962. The lowest BCUT2D eigenvalue weighted by Gasteiger charge is -2.11. The van der Waals surface area contributed by atoms with Crippen LogP contribution in [0.1, 0.15) is 27.8 Å². The molecule has 0 unspecified atom stereocenters. The summed E-state index contributed by atoms with van der Waals surface area (Å²) in [5.41, 5.74) is 7.38. The molecule has 1 nitrogen and oxygen atoms in total. The maximum absolute atomic E-state index is 9.13. The van der Waals surface area contributed by atoms with E-state index in [1.165, 1.54) is 27.8 Å². The van der Waals surface area contributed by atoms with Crippen molar-refractivity contribution in [1.82, 2.24) is 0 Å². The van der Waals surface area contributed by atoms with E-state index in [1.807, 2.05) is 6.07 Å². The first kappa shape index (κ1) is 13.1. The van der Waals surface area contributed by atoms with Gasteiger partial charge in [0.1, 0.15) is 0 Å². The Morgan fingerprint density at radius 1 is 1.05 bits per heavy atom. The molecule has 0 spiro atoms. The SMILES string of the molecule is N#CC=C1c2ccccc2CCc2cc(CBr)ccc21. The number of fused-ring (bicyclic) bond motifs is 2. The van der Waals surface area contributed by atoms with Crippen LogP contribution in [0.3, 0.4) is 0 Å². The molecular formula is C18H14BrN. The van der Waals surface area contributed by atoms with Crippen molar-refractivity contribution in [3.8, 4) is 6.07 Å². The molecular weight excluding hydrogens is 310 g/mol. The second-order valence-corrected chi connectivity index (χ2v) is 5.53. The lowest BCUT2D eigenvalue weighted by Crippen LogP contribution is -1.94. The van der Waals surface area contributed by atoms with Crippen molar-refractivity contribution >= 4 is 21.5 Å². The van der Waals surface area contributed by atoms with Gasteiger partial charge in [-0.15, -0.1) is 0 Å². The Labute approximate surface area is 127 Å². The molecule has 2 aromatic rings. The lowest BCUT2D eigenvalue weighted by atomic mass is 9.93. The predicted molar refractivity (Wildman–Crippen MR) is 85.6 cm³/mol. The van der Waals surface area contributed by atoms with Gasteiger partial charge in [-0.25, -0.2) is 0 Å². The molecule has 0 fully saturated rings. The first-order valence-electron chi connectivity index (χ1n) is 6.69. The van der Waals surface area contributed by atoms with Crippen LogP contribution in [0.4, 0.5) is 0 Å². The number of hydrogen-bond acceptors (Lipinski definition) is 1. The zero-order chi connectivity index (χ0) is 13.9. The molecule has 20 heavy (non-hydrogen) atoms. The molecule has 0 bridgehead atoms. The fourth-order valence-corrected chi connectivity index (χ4v) is 3.18. The second-order valence-electron chi connectivity index (χ2n) is 4.97. The van der Waals surface area contributed by atoms with Crippen molar-refractivity contribution in [2.45, 2.75) is 18.2 Å². The van der Waals surface area contributed by atoms with E-state index in [2.05, 4.69) is 58.4 Å². The van der Waals surface area contributed by atoms with Gasteiger partial charge in [0.05, 0.1) is 6.07 Å². The minimum Gasteiger partial charge on any atom is -0.193 e. The molecule has 0 saturated carbocycles. The molecule has 0 N–H and O–H groups in total. The molecule has 0 heterocycles. The van der Waals surface area contributed by atoms with Crippen LogP contribution in [0, 0.1) is 11.3 Å². The molecule has 0 saturated heterocycles. The summed E-state index contributed by atoms with van der Waals surface area (Å²) in [6, 6.07) is 17.1. The Bertz CT molecular complexity index is 722. The molecule has 2 heteroatoms. The summed E-state index contributed by atoms with van der Waals surface area (Å²) in [5, 5.41) is 9.99. The number of hydrogen-bond donors (Lipinski definition) is 0. The fourth-order valence-electron chi connectivity index (χ4n) is 2.84. The summed E-state index contributed by atoms with van der Waals surface area (Å²) in [6.45, 7) is 0. The Hall–Kier alpha value is -1.85. The molecule has 0 radical (unpaired) electrons. The van der Waals surface area contributed by atoms with Crippen LogP contribution in [0.2, 0.25) is 0 Å². The van der Waals surface area contributed by atoms with Crippen molar-refractivity contribution in [2.75, 3.05) is 0 Å². The van der Waals surface area contributed by atoms with Crippen LogP contribution < -0.4 is 0 Å². The maximum Gasteiger partial charge on any atom is 0.0918 e. The first-order chi connectivity index (χ1) is 9.83. The topological polar surface area (TPSA) is 23.8 Å². The summed E-state index contributed by atoms with van der Waals surface area (Å²) < 4.78 is 0. The first-order valence-corrected chi connectivity index (χ1v) is 7.82. The minimum atomic E-state index is 0.866. The minimum absolute atomic E-state index is 0.866. The summed E-state index contributed by atoms with van der Waals surface area (Å²) in [4.78, 5) is 0. The monoisotopic (exact) mass is 323 g/mol. The number of benzene rings is 2. The largest absolute Gasteiger partial charge is 0.193 e. The normalized spacial score (nSPS) is 15.1. The van der Waals surface area contributed by atoms with E-state index in [4.69, 9.17) is 5.26 Å². The quantitative estimate of drug-likeness (QED) is 0.554. The number of halogens is 1. The van der Waals surface area contributed by atoms with E-state index < -0.39 is 0 Å². The van der Waals surface area contributed by atoms with Gasteiger partial charge in [-0.1, -0.05) is 58.4 Å². The zero-order valence-electron chi connectivity index (χ0n) is 11.1. The van der Waals surface area contributed by atoms with Crippen molar-refractivity contribution in [3.63, 3.8) is 0 Å². The van der Waals surface area contributed by atoms with Crippen LogP contribution in [0.5, 0.6) is 0 Å². The number of nitriles is 1. The number of rotatable bonds is 1. The Balaban J connectivity index is 2.23. The highest BCUT2D eigenvalue weighted by molar-refractivity contribution is 9.08. The van der Waals surface area contributed by atoms with Gasteiger partial charge in [-0.05, 0) is 46.2 Å². The van der Waals surface area contributed by atoms with Gasteiger partial charge in [-0.3, -0.25) is 0 Å². The van der Waals surface area contributed by atoms with E-state index in [0.717, 1.165) is 23.7 Å². The highest BCUT2D eigenvalue weighted by atomic mass is 79.9. The Morgan fingerprint density at radius 3 is 2.60 bits per heavy atom. The Morgan fingerprint density at radius 2 is 1.80 bits per heavy atom. The average Bonchev–Trinajstić information content (AvgIpc) is 2.65. The highest BCUT2D eigenvalue weighted by Crippen LogP contribution is 2.34. The van der Waals surface area contributed by atoms with Crippen LogP contribution in [-0.2, 0) is 18.2 Å². The zero-order valence-corrected chi connectivity index (χ0v) is 12.7. The molecule has 98 valence electrons. The van der Waals surface area contributed by atoms with Gasteiger partial charge in [0.15, 0.2) is 0 Å². The van der Waals surface area contributed by atoms with E-state index in [-0.39, 0.29) is 0 Å². The number of alkyl halides is 1. The third-order valence-electron chi connectivity index (χ3n) is 3.79. The third kappa shape index (κ3) is 2.30. The van der Waals surface area contributed by atoms with Crippen molar-refractivity contribution < 1.29 is 0 Å². The summed E-state index contributed by atoms with van der Waals surface area (Å²) in [7, 11) is 0. The standard InChI is InChI=1S/C18H14BrN/c19-12-13-5-8-17-15(11-13)7-6-14-3-1-2-4-16(14)18(17)9-10-20/h1-5,8-9,11H,6-7,12H2. The van der Waals surface area contributed by atoms with Crippen molar-refractivity contribution in [1.29, 1.82) is 5.26 Å². The van der Waals surface area contributed by atoms with Gasteiger partial charge in [0.2, 0.25) is 0 Å². The van der Waals surface area contributed by atoms with Crippen molar-refractivity contribution in [2.24, 2.45) is 0 Å². The number of allylic oxidation sites excluding steroid dienone is 1. The summed E-state index contributed by atoms with van der Waals surface area (Å²) in [5.74, 6) is 0. The van der Waals surface area contributed by atoms with E-state index >= 15 is 0 Å². The van der Waals surface area contributed by atoms with Crippen LogP contribution in [-0.4, -0.2) is 0 Å². The van der Waals surface area contributed by atoms with E-state index in [9.17, 15) is 0 Å². The second kappa shape index (κ2) is 5.64. The smallest absolute Gasteiger partial charge is 0.0918 e. The molecule has 0 atom stereocenters. The van der Waals surface area contributed by atoms with Gasteiger partial charge in [0, 0.05) is 11.4 Å². The third-order valence-corrected chi connectivity index (χ3v) is 4.44. The molecule has 2 aromatic carbocycles. The average molecular weight is 324 g/mol. The fraction of sp³-hybridized carbons (Fsp3) is 0.167. The summed E-state index contributed by atoms with van der Waals surface area (Å²) >= 11 is 3.51. The highest BCUT2D eigenvalue weighted by Gasteiger charge is 2.17. The van der Waals surface area contributed by atoms with Crippen LogP contribution in [0.25, 0.3) is 5.57 Å². The molecule has 1 aliphatic rings. The van der Waals surface area contributed by atoms with E-state index in [1.54, 1.807) is 6.08 Å². The molecule has 0 aromatic heterocycles. The van der Waals surface area contributed by atoms with Gasteiger partial charge >= 0.3 is 0 Å². The molecule has 1 aliphatic carbocycles. The van der Waals surface area contributed by atoms with Crippen molar-refractivity contribution in [3.05, 3.63) is 76.4 Å². The Kier molecular flexibility index (Phi) is 3.71. The predicted octanol–water partition coefficient (Wildman–Crippen LogP) is 4.64. The van der Waals surface area contributed by atoms with Crippen LogP contribution in [0.15, 0.2) is 48.5 Å². The molecule has 3 rings (SSSR count). The molecule has 0 amide bonds. The number of nitrogens with zero attached hydrogens (tertiary/aromatic N) is 1. The summed E-state index contributed by atoms with van der Waals surface area (Å²) in [6.07, 6.45) is 3.73. The van der Waals surface area contributed by atoms with E-state index in [0.29, 0.717) is 0 Å².